The largest absolute Gasteiger partial charge is 0.325 e. The lowest BCUT2D eigenvalue weighted by Crippen LogP contribution is -2.14. The number of rotatable bonds is 4. The molecular weight excluding hydrogens is 298 g/mol. The zero-order valence-electron chi connectivity index (χ0n) is 10.5. The molecule has 0 bridgehead atoms. The highest BCUT2D eigenvalue weighted by molar-refractivity contribution is 7.99. The highest BCUT2D eigenvalue weighted by Gasteiger charge is 2.08. The third-order valence-corrected chi connectivity index (χ3v) is 3.72. The van der Waals surface area contributed by atoms with Gasteiger partial charge in [-0.3, -0.25) is 4.79 Å². The van der Waals surface area contributed by atoms with E-state index in [2.05, 4.69) is 15.5 Å². The minimum atomic E-state index is -0.182. The van der Waals surface area contributed by atoms with Gasteiger partial charge in [0.05, 0.1) is 16.3 Å². The number of aryl methyl sites for hydroxylation is 1. The molecule has 2 rings (SSSR count). The van der Waals surface area contributed by atoms with Crippen LogP contribution in [0.4, 0.5) is 5.69 Å². The van der Waals surface area contributed by atoms with Crippen molar-refractivity contribution in [1.29, 1.82) is 5.26 Å². The topological polar surface area (TPSA) is 83.6 Å². The number of carbonyl (C=O) groups excluding carboxylic acids is 1. The van der Waals surface area contributed by atoms with Crippen molar-refractivity contribution in [3.63, 3.8) is 0 Å². The van der Waals surface area contributed by atoms with Crippen LogP contribution >= 0.6 is 23.4 Å². The molecule has 0 aliphatic carbocycles. The van der Waals surface area contributed by atoms with Crippen LogP contribution in [0.15, 0.2) is 29.7 Å². The number of aromatic nitrogens is 3. The molecule has 0 spiro atoms. The Morgan fingerprint density at radius 1 is 1.60 bits per heavy atom. The Balaban J connectivity index is 1.93. The average Bonchev–Trinajstić information content (AvgIpc) is 2.82. The van der Waals surface area contributed by atoms with Gasteiger partial charge in [-0.2, -0.15) is 5.26 Å². The van der Waals surface area contributed by atoms with E-state index >= 15 is 0 Å². The van der Waals surface area contributed by atoms with Crippen LogP contribution in [0.2, 0.25) is 5.02 Å². The summed E-state index contributed by atoms with van der Waals surface area (Å²) in [7, 11) is 1.81. The molecule has 0 aliphatic heterocycles. The summed E-state index contributed by atoms with van der Waals surface area (Å²) in [5, 5.41) is 20.0. The van der Waals surface area contributed by atoms with Crippen LogP contribution in [-0.2, 0) is 11.8 Å². The number of halogens is 1. The number of anilines is 1. The summed E-state index contributed by atoms with van der Waals surface area (Å²) in [6, 6.07) is 6.70. The van der Waals surface area contributed by atoms with Crippen LogP contribution in [0, 0.1) is 11.3 Å². The highest BCUT2D eigenvalue weighted by Crippen LogP contribution is 2.21. The van der Waals surface area contributed by atoms with Crippen molar-refractivity contribution < 1.29 is 4.79 Å². The number of nitriles is 1. The molecule has 0 saturated heterocycles. The zero-order chi connectivity index (χ0) is 14.5. The summed E-state index contributed by atoms with van der Waals surface area (Å²) in [6.07, 6.45) is 1.57. The Hall–Kier alpha value is -2.04. The van der Waals surface area contributed by atoms with Crippen LogP contribution < -0.4 is 5.32 Å². The van der Waals surface area contributed by atoms with E-state index in [-0.39, 0.29) is 11.7 Å². The number of hydrogen-bond donors (Lipinski definition) is 1. The first-order valence-electron chi connectivity index (χ1n) is 5.56. The van der Waals surface area contributed by atoms with E-state index in [1.165, 1.54) is 11.8 Å². The predicted molar refractivity (Wildman–Crippen MR) is 76.5 cm³/mol. The maximum absolute atomic E-state index is 11.8. The van der Waals surface area contributed by atoms with E-state index < -0.39 is 0 Å². The number of benzene rings is 1. The molecule has 0 unspecified atom stereocenters. The van der Waals surface area contributed by atoms with Crippen LogP contribution in [0.3, 0.4) is 0 Å². The number of nitrogens with zero attached hydrogens (tertiary/aromatic N) is 4. The molecule has 6 nitrogen and oxygen atoms in total. The molecule has 1 N–H and O–H groups in total. The Morgan fingerprint density at radius 2 is 2.40 bits per heavy atom. The first-order valence-corrected chi connectivity index (χ1v) is 6.93. The summed E-state index contributed by atoms with van der Waals surface area (Å²) in [4.78, 5) is 11.8. The number of nitrogens with one attached hydrogen (secondary N) is 1. The number of thioether (sulfide) groups is 1. The van der Waals surface area contributed by atoms with E-state index in [0.29, 0.717) is 21.4 Å². The second-order valence-corrected chi connectivity index (χ2v) is 5.22. The van der Waals surface area contributed by atoms with Gasteiger partial charge in [0.2, 0.25) is 5.91 Å². The first kappa shape index (κ1) is 14.4. The fraction of sp³-hybridized carbons (Fsp3) is 0.167. The van der Waals surface area contributed by atoms with Gasteiger partial charge >= 0.3 is 0 Å². The number of amides is 1. The van der Waals surface area contributed by atoms with Gasteiger partial charge in [0, 0.05) is 12.7 Å². The quantitative estimate of drug-likeness (QED) is 0.874. The van der Waals surface area contributed by atoms with Crippen molar-refractivity contribution in [3.8, 4) is 6.07 Å². The normalized spacial score (nSPS) is 10.1. The lowest BCUT2D eigenvalue weighted by molar-refractivity contribution is -0.113. The van der Waals surface area contributed by atoms with E-state index in [4.69, 9.17) is 16.9 Å². The van der Waals surface area contributed by atoms with Crippen LogP contribution in [0.25, 0.3) is 0 Å². The molecule has 1 heterocycles. The van der Waals surface area contributed by atoms with Gasteiger partial charge in [-0.25, -0.2) is 0 Å². The molecule has 1 amide bonds. The van der Waals surface area contributed by atoms with E-state index in [1.54, 1.807) is 36.1 Å². The molecular formula is C12H10ClN5OS. The van der Waals surface area contributed by atoms with Gasteiger partial charge in [0.15, 0.2) is 5.16 Å². The van der Waals surface area contributed by atoms with Gasteiger partial charge in [0.1, 0.15) is 12.4 Å². The van der Waals surface area contributed by atoms with E-state index in [1.807, 2.05) is 6.07 Å². The number of hydrogen-bond acceptors (Lipinski definition) is 5. The highest BCUT2D eigenvalue weighted by atomic mass is 35.5. The second kappa shape index (κ2) is 6.41. The maximum atomic E-state index is 11.8. The van der Waals surface area contributed by atoms with Gasteiger partial charge < -0.3 is 9.88 Å². The Kier molecular flexibility index (Phi) is 4.61. The molecule has 0 atom stereocenters. The van der Waals surface area contributed by atoms with Gasteiger partial charge in [-0.15, -0.1) is 10.2 Å². The Labute approximate surface area is 124 Å². The predicted octanol–water partition coefficient (Wildman–Crippen LogP) is 2.07. The van der Waals surface area contributed by atoms with Crippen molar-refractivity contribution >= 4 is 35.0 Å². The molecule has 8 heteroatoms. The molecule has 0 fully saturated rings. The monoisotopic (exact) mass is 307 g/mol. The standard InChI is InChI=1S/C12H10ClN5OS/c1-18-7-15-17-12(18)20-6-11(19)16-9-3-2-8(5-14)10(13)4-9/h2-4,7H,6H2,1H3,(H,16,19). The van der Waals surface area contributed by atoms with Crippen molar-refractivity contribution in [2.24, 2.45) is 7.05 Å². The molecule has 0 radical (unpaired) electrons. The SMILES string of the molecule is Cn1cnnc1SCC(=O)Nc1ccc(C#N)c(Cl)c1. The summed E-state index contributed by atoms with van der Waals surface area (Å²) < 4.78 is 1.73. The van der Waals surface area contributed by atoms with Crippen LogP contribution in [-0.4, -0.2) is 26.4 Å². The minimum Gasteiger partial charge on any atom is -0.325 e. The molecule has 0 saturated carbocycles. The molecule has 102 valence electrons. The summed E-state index contributed by atoms with van der Waals surface area (Å²) in [5.41, 5.74) is 0.927. The lowest BCUT2D eigenvalue weighted by atomic mass is 10.2. The molecule has 1 aromatic heterocycles. The van der Waals surface area contributed by atoms with Crippen LogP contribution in [0.5, 0.6) is 0 Å². The summed E-state index contributed by atoms with van der Waals surface area (Å²) >= 11 is 7.18. The van der Waals surface area contributed by atoms with Gasteiger partial charge in [-0.1, -0.05) is 23.4 Å². The van der Waals surface area contributed by atoms with Crippen LogP contribution in [0.1, 0.15) is 5.56 Å². The zero-order valence-corrected chi connectivity index (χ0v) is 12.1. The number of carbonyl (C=O) groups is 1. The lowest BCUT2D eigenvalue weighted by Gasteiger charge is -2.05. The Bertz CT molecular complexity index is 679. The molecule has 1 aromatic carbocycles. The second-order valence-electron chi connectivity index (χ2n) is 3.87. The maximum Gasteiger partial charge on any atom is 0.234 e. The molecule has 0 aliphatic rings. The summed E-state index contributed by atoms with van der Waals surface area (Å²) in [5.74, 6) is 0.0308. The van der Waals surface area contributed by atoms with Crippen molar-refractivity contribution in [2.45, 2.75) is 5.16 Å². The van der Waals surface area contributed by atoms with Gasteiger partial charge in [-0.05, 0) is 18.2 Å². The third-order valence-electron chi connectivity index (χ3n) is 2.38. The average molecular weight is 308 g/mol. The fourth-order valence-electron chi connectivity index (χ4n) is 1.41. The summed E-state index contributed by atoms with van der Waals surface area (Å²) in [6.45, 7) is 0. The third kappa shape index (κ3) is 3.50. The van der Waals surface area contributed by atoms with Crippen molar-refractivity contribution in [2.75, 3.05) is 11.1 Å². The van der Waals surface area contributed by atoms with Crippen molar-refractivity contribution in [1.82, 2.24) is 14.8 Å². The van der Waals surface area contributed by atoms with E-state index in [9.17, 15) is 4.79 Å². The molecule has 2 aromatic rings. The smallest absolute Gasteiger partial charge is 0.234 e. The van der Waals surface area contributed by atoms with E-state index in [0.717, 1.165) is 0 Å². The minimum absolute atomic E-state index is 0.182. The first-order chi connectivity index (χ1) is 9.60. The Morgan fingerprint density at radius 3 is 3.00 bits per heavy atom. The van der Waals surface area contributed by atoms with Crippen molar-refractivity contribution in [3.05, 3.63) is 35.1 Å². The fourth-order valence-corrected chi connectivity index (χ4v) is 2.32. The molecule has 20 heavy (non-hydrogen) atoms. The van der Waals surface area contributed by atoms with Gasteiger partial charge in [0.25, 0.3) is 0 Å².